The molecule has 0 aromatic heterocycles. The van der Waals surface area contributed by atoms with Crippen molar-refractivity contribution in [3.8, 4) is 0 Å². The van der Waals surface area contributed by atoms with Crippen LogP contribution in [-0.4, -0.2) is 30.1 Å². The molecule has 70 valence electrons. The van der Waals surface area contributed by atoms with Gasteiger partial charge in [0.05, 0.1) is 0 Å². The van der Waals surface area contributed by atoms with Crippen molar-refractivity contribution in [3.05, 3.63) is 0 Å². The normalized spacial score (nSPS) is 39.5. The Bertz CT molecular complexity index is 152. The Morgan fingerprint density at radius 1 is 1.25 bits per heavy atom. The van der Waals surface area contributed by atoms with Crippen LogP contribution in [0.1, 0.15) is 32.6 Å². The minimum absolute atomic E-state index is 0.474. The topological polar surface area (TPSA) is 29.3 Å². The van der Waals surface area contributed by atoms with Crippen LogP contribution in [0.15, 0.2) is 0 Å². The molecule has 1 saturated carbocycles. The Hall–Kier alpha value is -0.0800. The van der Waals surface area contributed by atoms with Crippen LogP contribution in [0.5, 0.6) is 0 Å². The lowest BCUT2D eigenvalue weighted by Gasteiger charge is -2.45. The fourth-order valence-electron chi connectivity index (χ4n) is 2.58. The predicted octanol–water partition coefficient (Wildman–Crippen LogP) is 1.21. The molecule has 2 heteroatoms. The second-order valence-electron chi connectivity index (χ2n) is 4.64. The van der Waals surface area contributed by atoms with Crippen LogP contribution in [0.25, 0.3) is 0 Å². The van der Waals surface area contributed by atoms with Gasteiger partial charge in [0.15, 0.2) is 0 Å². The molecule has 12 heavy (non-hydrogen) atoms. The lowest BCUT2D eigenvalue weighted by Crippen LogP contribution is -2.59. The van der Waals surface area contributed by atoms with E-state index in [0.29, 0.717) is 6.04 Å². The number of rotatable bonds is 1. The zero-order chi connectivity index (χ0) is 8.55. The van der Waals surface area contributed by atoms with Crippen LogP contribution in [0.2, 0.25) is 0 Å². The van der Waals surface area contributed by atoms with E-state index in [9.17, 15) is 0 Å². The molecule has 2 N–H and O–H groups in total. The highest BCUT2D eigenvalue weighted by Gasteiger charge is 2.31. The van der Waals surface area contributed by atoms with Crippen LogP contribution in [-0.2, 0) is 0 Å². The first kappa shape index (κ1) is 8.52. The van der Waals surface area contributed by atoms with E-state index in [0.717, 1.165) is 25.0 Å². The maximum Gasteiger partial charge on any atom is 0.0297 e. The summed E-state index contributed by atoms with van der Waals surface area (Å²) in [6.07, 6.45) is 5.69. The van der Waals surface area contributed by atoms with Gasteiger partial charge in [-0.2, -0.15) is 0 Å². The van der Waals surface area contributed by atoms with Crippen molar-refractivity contribution in [2.75, 3.05) is 13.1 Å². The third-order valence-corrected chi connectivity index (χ3v) is 3.36. The number of hydrogen-bond donors (Lipinski definition) is 1. The minimum atomic E-state index is 0.474. The first-order valence-corrected chi connectivity index (χ1v) is 5.25. The smallest absolute Gasteiger partial charge is 0.0297 e. The maximum atomic E-state index is 5.77. The van der Waals surface area contributed by atoms with Gasteiger partial charge in [0, 0.05) is 25.2 Å². The average molecular weight is 168 g/mol. The quantitative estimate of drug-likeness (QED) is 0.637. The van der Waals surface area contributed by atoms with Crippen LogP contribution in [0.4, 0.5) is 0 Å². The lowest BCUT2D eigenvalue weighted by molar-refractivity contribution is 0.0593. The van der Waals surface area contributed by atoms with E-state index in [1.54, 1.807) is 0 Å². The van der Waals surface area contributed by atoms with Gasteiger partial charge in [-0.3, -0.25) is 4.90 Å². The van der Waals surface area contributed by atoms with Crippen LogP contribution < -0.4 is 5.73 Å². The Labute approximate surface area is 75.1 Å². The third-order valence-electron chi connectivity index (χ3n) is 3.36. The molecule has 0 spiro atoms. The van der Waals surface area contributed by atoms with E-state index in [1.807, 2.05) is 0 Å². The third kappa shape index (κ3) is 1.64. The van der Waals surface area contributed by atoms with Crippen LogP contribution in [0.3, 0.4) is 0 Å². The molecular weight excluding hydrogens is 148 g/mol. The summed E-state index contributed by atoms with van der Waals surface area (Å²) < 4.78 is 0. The summed E-state index contributed by atoms with van der Waals surface area (Å²) in [5, 5.41) is 0. The molecule has 2 nitrogen and oxygen atoms in total. The summed E-state index contributed by atoms with van der Waals surface area (Å²) in [6, 6.07) is 1.34. The molecule has 1 aliphatic carbocycles. The average Bonchev–Trinajstić information content (AvgIpc) is 1.99. The van der Waals surface area contributed by atoms with Crippen molar-refractivity contribution in [1.29, 1.82) is 0 Å². The Morgan fingerprint density at radius 3 is 2.58 bits per heavy atom. The molecule has 2 rings (SSSR count). The summed E-state index contributed by atoms with van der Waals surface area (Å²) in [7, 11) is 0. The highest BCUT2D eigenvalue weighted by atomic mass is 15.2. The molecule has 1 heterocycles. The molecule has 2 aliphatic rings. The molecule has 0 radical (unpaired) electrons. The van der Waals surface area contributed by atoms with Crippen LogP contribution in [0, 0.1) is 5.92 Å². The number of hydrogen-bond acceptors (Lipinski definition) is 2. The van der Waals surface area contributed by atoms with Gasteiger partial charge in [0.25, 0.3) is 0 Å². The maximum absolute atomic E-state index is 5.77. The zero-order valence-corrected chi connectivity index (χ0v) is 8.00. The molecule has 2 fully saturated rings. The van der Waals surface area contributed by atoms with Gasteiger partial charge in [-0.25, -0.2) is 0 Å². The van der Waals surface area contributed by atoms with Crippen molar-refractivity contribution in [2.45, 2.75) is 44.7 Å². The van der Waals surface area contributed by atoms with Gasteiger partial charge < -0.3 is 5.73 Å². The lowest BCUT2D eigenvalue weighted by atomic mass is 9.85. The molecule has 1 aliphatic heterocycles. The van der Waals surface area contributed by atoms with Gasteiger partial charge in [-0.15, -0.1) is 0 Å². The molecule has 2 unspecified atom stereocenters. The van der Waals surface area contributed by atoms with Gasteiger partial charge in [-0.05, 0) is 18.8 Å². The molecule has 0 amide bonds. The SMILES string of the molecule is CC1CCCC(N2CC(N)C2)C1. The summed E-state index contributed by atoms with van der Waals surface area (Å²) >= 11 is 0. The van der Waals surface area contributed by atoms with Gasteiger partial charge in [-0.1, -0.05) is 19.8 Å². The number of likely N-dealkylation sites (tertiary alicyclic amines) is 1. The van der Waals surface area contributed by atoms with E-state index in [1.165, 1.54) is 25.7 Å². The van der Waals surface area contributed by atoms with Gasteiger partial charge in [0.2, 0.25) is 0 Å². The monoisotopic (exact) mass is 168 g/mol. The fraction of sp³-hybridized carbons (Fsp3) is 1.00. The summed E-state index contributed by atoms with van der Waals surface area (Å²) in [5.74, 6) is 0.945. The number of nitrogens with two attached hydrogens (primary N) is 1. The highest BCUT2D eigenvalue weighted by molar-refractivity contribution is 4.89. The molecule has 1 saturated heterocycles. The standard InChI is InChI=1S/C10H20N2/c1-8-3-2-4-10(5-8)12-6-9(11)7-12/h8-10H,2-7,11H2,1H3. The van der Waals surface area contributed by atoms with E-state index in [2.05, 4.69) is 11.8 Å². The highest BCUT2D eigenvalue weighted by Crippen LogP contribution is 2.29. The first-order chi connectivity index (χ1) is 5.75. The van der Waals surface area contributed by atoms with E-state index >= 15 is 0 Å². The van der Waals surface area contributed by atoms with Gasteiger partial charge >= 0.3 is 0 Å². The Morgan fingerprint density at radius 2 is 2.00 bits per heavy atom. The molecule has 0 bridgehead atoms. The summed E-state index contributed by atoms with van der Waals surface area (Å²) in [6.45, 7) is 4.68. The van der Waals surface area contributed by atoms with Crippen molar-refractivity contribution < 1.29 is 0 Å². The predicted molar refractivity (Wildman–Crippen MR) is 51.0 cm³/mol. The minimum Gasteiger partial charge on any atom is -0.325 e. The largest absolute Gasteiger partial charge is 0.325 e. The molecule has 2 atom stereocenters. The second-order valence-corrected chi connectivity index (χ2v) is 4.64. The van der Waals surface area contributed by atoms with Crippen molar-refractivity contribution in [1.82, 2.24) is 4.90 Å². The van der Waals surface area contributed by atoms with Crippen molar-refractivity contribution in [2.24, 2.45) is 11.7 Å². The number of nitrogens with zero attached hydrogens (tertiary/aromatic N) is 1. The summed E-state index contributed by atoms with van der Waals surface area (Å²) in [5.41, 5.74) is 5.77. The Balaban J connectivity index is 1.80. The van der Waals surface area contributed by atoms with Crippen molar-refractivity contribution in [3.63, 3.8) is 0 Å². The van der Waals surface area contributed by atoms with E-state index in [4.69, 9.17) is 5.73 Å². The van der Waals surface area contributed by atoms with E-state index in [-0.39, 0.29) is 0 Å². The summed E-state index contributed by atoms with van der Waals surface area (Å²) in [4.78, 5) is 2.57. The van der Waals surface area contributed by atoms with Gasteiger partial charge in [0.1, 0.15) is 0 Å². The Kier molecular flexibility index (Phi) is 2.37. The second kappa shape index (κ2) is 3.35. The van der Waals surface area contributed by atoms with E-state index < -0.39 is 0 Å². The molecule has 0 aromatic carbocycles. The van der Waals surface area contributed by atoms with Crippen molar-refractivity contribution >= 4 is 0 Å². The molecular formula is C10H20N2. The zero-order valence-electron chi connectivity index (χ0n) is 8.00. The fourth-order valence-corrected chi connectivity index (χ4v) is 2.58. The molecule has 0 aromatic rings. The first-order valence-electron chi connectivity index (χ1n) is 5.25. The van der Waals surface area contributed by atoms with Crippen LogP contribution >= 0.6 is 0 Å².